The van der Waals surface area contributed by atoms with Crippen LogP contribution < -0.4 is 5.32 Å². The Morgan fingerprint density at radius 2 is 1.88 bits per heavy atom. The Labute approximate surface area is 158 Å². The van der Waals surface area contributed by atoms with Crippen molar-refractivity contribution < 1.29 is 9.53 Å². The lowest BCUT2D eigenvalue weighted by atomic mass is 10.1. The number of fused-ring (bicyclic) bond motifs is 1. The van der Waals surface area contributed by atoms with E-state index in [1.165, 1.54) is 16.8 Å². The molecule has 0 spiro atoms. The van der Waals surface area contributed by atoms with Crippen molar-refractivity contribution in [2.75, 3.05) is 20.3 Å². The van der Waals surface area contributed by atoms with Gasteiger partial charge >= 0.3 is 0 Å². The quantitative estimate of drug-likeness (QED) is 0.656. The summed E-state index contributed by atoms with van der Waals surface area (Å²) in [5.41, 5.74) is 5.38. The van der Waals surface area contributed by atoms with E-state index >= 15 is 0 Å². The first kappa shape index (κ1) is 18.5. The lowest BCUT2D eigenvalue weighted by molar-refractivity contribution is 0.0937. The Hall–Kier alpha value is -2.30. The summed E-state index contributed by atoms with van der Waals surface area (Å²) in [7, 11) is 1.62. The number of aryl methyl sites for hydroxylation is 1. The van der Waals surface area contributed by atoms with Crippen LogP contribution in [0.25, 0.3) is 10.9 Å². The van der Waals surface area contributed by atoms with Crippen LogP contribution in [0.5, 0.6) is 0 Å². The van der Waals surface area contributed by atoms with Gasteiger partial charge < -0.3 is 14.6 Å². The second-order valence-electron chi connectivity index (χ2n) is 6.40. The normalized spacial score (nSPS) is 11.1. The molecule has 0 atom stereocenters. The summed E-state index contributed by atoms with van der Waals surface area (Å²) >= 11 is 5.99. The van der Waals surface area contributed by atoms with Crippen LogP contribution in [-0.4, -0.2) is 30.7 Å². The van der Waals surface area contributed by atoms with E-state index in [0.29, 0.717) is 18.7 Å². The van der Waals surface area contributed by atoms with Crippen molar-refractivity contribution in [2.45, 2.75) is 20.4 Å². The van der Waals surface area contributed by atoms with Gasteiger partial charge in [-0.3, -0.25) is 4.79 Å². The zero-order valence-corrected chi connectivity index (χ0v) is 16.1. The fraction of sp³-hybridized carbons (Fsp3) is 0.286. The summed E-state index contributed by atoms with van der Waals surface area (Å²) in [6.07, 6.45) is 0. The Morgan fingerprint density at radius 3 is 2.58 bits per heavy atom. The van der Waals surface area contributed by atoms with Gasteiger partial charge in [-0.25, -0.2) is 0 Å². The average Bonchev–Trinajstić information content (AvgIpc) is 2.88. The third-order valence-electron chi connectivity index (χ3n) is 4.75. The first-order valence-electron chi connectivity index (χ1n) is 8.62. The van der Waals surface area contributed by atoms with Gasteiger partial charge in [-0.2, -0.15) is 0 Å². The van der Waals surface area contributed by atoms with Crippen molar-refractivity contribution >= 4 is 28.4 Å². The first-order chi connectivity index (χ1) is 12.5. The monoisotopic (exact) mass is 370 g/mol. The number of aromatic nitrogens is 1. The van der Waals surface area contributed by atoms with E-state index in [0.717, 1.165) is 22.5 Å². The summed E-state index contributed by atoms with van der Waals surface area (Å²) in [5, 5.41) is 4.71. The number of nitrogens with zero attached hydrogens (tertiary/aromatic N) is 1. The van der Waals surface area contributed by atoms with Gasteiger partial charge in [-0.05, 0) is 55.3 Å². The second-order valence-corrected chi connectivity index (χ2v) is 6.84. The van der Waals surface area contributed by atoms with Crippen LogP contribution in [0.4, 0.5) is 0 Å². The Kier molecular flexibility index (Phi) is 5.64. The van der Waals surface area contributed by atoms with Crippen molar-refractivity contribution in [3.05, 3.63) is 69.9 Å². The van der Waals surface area contributed by atoms with E-state index in [4.69, 9.17) is 16.3 Å². The van der Waals surface area contributed by atoms with Crippen molar-refractivity contribution in [1.82, 2.24) is 9.88 Å². The molecule has 0 aliphatic heterocycles. The highest BCUT2D eigenvalue weighted by atomic mass is 35.5. The largest absolute Gasteiger partial charge is 0.383 e. The number of benzene rings is 2. The Morgan fingerprint density at radius 1 is 1.15 bits per heavy atom. The zero-order valence-electron chi connectivity index (χ0n) is 15.3. The highest BCUT2D eigenvalue weighted by molar-refractivity contribution is 6.30. The highest BCUT2D eigenvalue weighted by Crippen LogP contribution is 2.27. The molecule has 1 heterocycles. The molecular weight excluding hydrogens is 348 g/mol. The van der Waals surface area contributed by atoms with E-state index in [9.17, 15) is 4.79 Å². The molecule has 0 aliphatic carbocycles. The number of ether oxygens (including phenoxy) is 1. The third kappa shape index (κ3) is 3.76. The number of nitrogens with one attached hydrogen (secondary N) is 1. The Bertz CT molecular complexity index is 929. The number of hydrogen-bond acceptors (Lipinski definition) is 2. The average molecular weight is 371 g/mol. The molecule has 0 radical (unpaired) electrons. The van der Waals surface area contributed by atoms with E-state index in [2.05, 4.69) is 23.7 Å². The van der Waals surface area contributed by atoms with Gasteiger partial charge in [-0.1, -0.05) is 23.7 Å². The molecule has 0 saturated heterocycles. The number of methoxy groups -OCH3 is 1. The number of hydrogen-bond donors (Lipinski definition) is 1. The fourth-order valence-corrected chi connectivity index (χ4v) is 3.26. The van der Waals surface area contributed by atoms with Gasteiger partial charge in [-0.15, -0.1) is 0 Å². The second kappa shape index (κ2) is 7.94. The number of amides is 1. The van der Waals surface area contributed by atoms with Crippen LogP contribution in [0.15, 0.2) is 42.5 Å². The van der Waals surface area contributed by atoms with Crippen LogP contribution in [0.3, 0.4) is 0 Å². The summed E-state index contributed by atoms with van der Waals surface area (Å²) in [6, 6.07) is 13.8. The van der Waals surface area contributed by atoms with Gasteiger partial charge in [0.1, 0.15) is 0 Å². The molecule has 136 valence electrons. The fourth-order valence-electron chi connectivity index (χ4n) is 3.14. The maximum absolute atomic E-state index is 12.3. The van der Waals surface area contributed by atoms with Gasteiger partial charge in [0, 0.05) is 47.4 Å². The molecule has 3 aromatic rings. The zero-order chi connectivity index (χ0) is 18.7. The van der Waals surface area contributed by atoms with E-state index in [-0.39, 0.29) is 5.91 Å². The minimum absolute atomic E-state index is 0.0774. The van der Waals surface area contributed by atoms with Crippen molar-refractivity contribution in [3.63, 3.8) is 0 Å². The maximum atomic E-state index is 12.3. The molecule has 2 aromatic carbocycles. The topological polar surface area (TPSA) is 43.3 Å². The lowest BCUT2D eigenvalue weighted by Crippen LogP contribution is -2.26. The number of carbonyl (C=O) groups is 1. The molecule has 4 nitrogen and oxygen atoms in total. The smallest absolute Gasteiger partial charge is 0.251 e. The van der Waals surface area contributed by atoms with Crippen LogP contribution in [-0.2, 0) is 11.3 Å². The molecule has 3 rings (SSSR count). The molecular formula is C21H23ClN2O2. The summed E-state index contributed by atoms with van der Waals surface area (Å²) in [4.78, 5) is 12.3. The van der Waals surface area contributed by atoms with Crippen LogP contribution in [0, 0.1) is 13.8 Å². The molecule has 0 fully saturated rings. The van der Waals surface area contributed by atoms with E-state index < -0.39 is 0 Å². The minimum atomic E-state index is -0.0774. The minimum Gasteiger partial charge on any atom is -0.383 e. The van der Waals surface area contributed by atoms with E-state index in [1.54, 1.807) is 7.11 Å². The van der Waals surface area contributed by atoms with Crippen LogP contribution in [0.1, 0.15) is 27.2 Å². The first-order valence-corrected chi connectivity index (χ1v) is 9.00. The number of carbonyl (C=O) groups excluding carboxylic acids is 1. The van der Waals surface area contributed by atoms with Crippen LogP contribution >= 0.6 is 11.6 Å². The highest BCUT2D eigenvalue weighted by Gasteiger charge is 2.14. The summed E-state index contributed by atoms with van der Waals surface area (Å²) in [5.74, 6) is -0.0774. The van der Waals surface area contributed by atoms with Gasteiger partial charge in [0.25, 0.3) is 5.91 Å². The third-order valence-corrected chi connectivity index (χ3v) is 5.00. The van der Waals surface area contributed by atoms with Crippen molar-refractivity contribution in [2.24, 2.45) is 0 Å². The number of rotatable bonds is 6. The molecule has 1 aromatic heterocycles. The molecule has 1 amide bonds. The molecule has 0 saturated carbocycles. The molecule has 0 unspecified atom stereocenters. The summed E-state index contributed by atoms with van der Waals surface area (Å²) < 4.78 is 7.25. The van der Waals surface area contributed by atoms with Gasteiger partial charge in [0.15, 0.2) is 0 Å². The standard InChI is InChI=1S/C21H23ClN2O2/c1-14-15(2)24(13-16-4-7-18(22)8-5-16)20-9-6-17(12-19(14)20)21(25)23-10-11-26-3/h4-9,12H,10-11,13H2,1-3H3,(H,23,25). The van der Waals surface area contributed by atoms with Crippen molar-refractivity contribution in [1.29, 1.82) is 0 Å². The number of halogens is 1. The molecule has 0 aliphatic rings. The van der Waals surface area contributed by atoms with Crippen molar-refractivity contribution in [3.8, 4) is 0 Å². The van der Waals surface area contributed by atoms with Gasteiger partial charge in [0.2, 0.25) is 0 Å². The maximum Gasteiger partial charge on any atom is 0.251 e. The van der Waals surface area contributed by atoms with Crippen LogP contribution in [0.2, 0.25) is 5.02 Å². The molecule has 26 heavy (non-hydrogen) atoms. The Balaban J connectivity index is 1.92. The molecule has 1 N–H and O–H groups in total. The lowest BCUT2D eigenvalue weighted by Gasteiger charge is -2.09. The van der Waals surface area contributed by atoms with E-state index in [1.807, 2.05) is 42.5 Å². The predicted octanol–water partition coefficient (Wildman–Crippen LogP) is 4.34. The SMILES string of the molecule is COCCNC(=O)c1ccc2c(c1)c(C)c(C)n2Cc1ccc(Cl)cc1. The summed E-state index contributed by atoms with van der Waals surface area (Å²) in [6.45, 7) is 5.99. The molecule has 5 heteroatoms. The predicted molar refractivity (Wildman–Crippen MR) is 106 cm³/mol. The van der Waals surface area contributed by atoms with Gasteiger partial charge in [0.05, 0.1) is 6.61 Å². The molecule has 0 bridgehead atoms.